The second kappa shape index (κ2) is 1.70. The van der Waals surface area contributed by atoms with E-state index in [0.29, 0.717) is 5.91 Å². The zero-order valence-electron chi connectivity index (χ0n) is 5.34. The fourth-order valence-corrected chi connectivity index (χ4v) is 1.53. The molecule has 3 nitrogen and oxygen atoms in total. The molecule has 0 aromatic heterocycles. The summed E-state index contributed by atoms with van der Waals surface area (Å²) in [6, 6.07) is 0. The number of rotatable bonds is 0. The molecule has 0 N–H and O–H groups in total. The van der Waals surface area contributed by atoms with Gasteiger partial charge in [0, 0.05) is 26.1 Å². The molecule has 0 radical (unpaired) electrons. The SMILES string of the molecule is O=C1CCN2CCCN12. The summed E-state index contributed by atoms with van der Waals surface area (Å²) in [5, 5.41) is 4.02. The molecule has 2 rings (SSSR count). The first-order chi connectivity index (χ1) is 4.38. The Kier molecular flexibility index (Phi) is 0.990. The van der Waals surface area contributed by atoms with Gasteiger partial charge in [-0.05, 0) is 6.42 Å². The third-order valence-corrected chi connectivity index (χ3v) is 2.00. The largest absolute Gasteiger partial charge is 0.275 e. The predicted molar refractivity (Wildman–Crippen MR) is 32.5 cm³/mol. The highest BCUT2D eigenvalue weighted by molar-refractivity contribution is 5.77. The quantitative estimate of drug-likeness (QED) is 0.450. The Morgan fingerprint density at radius 1 is 1.22 bits per heavy atom. The van der Waals surface area contributed by atoms with Gasteiger partial charge < -0.3 is 0 Å². The first-order valence-corrected chi connectivity index (χ1v) is 3.43. The zero-order chi connectivity index (χ0) is 6.27. The Labute approximate surface area is 54.2 Å². The Morgan fingerprint density at radius 2 is 2.11 bits per heavy atom. The number of fused-ring (bicyclic) bond motifs is 1. The molecule has 0 bridgehead atoms. The molecular formula is C6H10N2O. The highest BCUT2D eigenvalue weighted by Gasteiger charge is 2.31. The molecule has 2 fully saturated rings. The number of carbonyl (C=O) groups is 1. The lowest BCUT2D eigenvalue weighted by molar-refractivity contribution is -0.134. The van der Waals surface area contributed by atoms with Crippen LogP contribution in [0.4, 0.5) is 0 Å². The molecule has 9 heavy (non-hydrogen) atoms. The van der Waals surface area contributed by atoms with E-state index >= 15 is 0 Å². The summed E-state index contributed by atoms with van der Waals surface area (Å²) in [6.45, 7) is 3.00. The topological polar surface area (TPSA) is 23.6 Å². The molecule has 0 aromatic carbocycles. The van der Waals surface area contributed by atoms with E-state index < -0.39 is 0 Å². The minimum atomic E-state index is 0.313. The summed E-state index contributed by atoms with van der Waals surface area (Å²) >= 11 is 0. The lowest BCUT2D eigenvalue weighted by Crippen LogP contribution is -2.31. The van der Waals surface area contributed by atoms with E-state index in [4.69, 9.17) is 0 Å². The number of nitrogens with zero attached hydrogens (tertiary/aromatic N) is 2. The molecule has 0 aliphatic carbocycles. The molecule has 2 aliphatic rings. The molecule has 50 valence electrons. The van der Waals surface area contributed by atoms with Gasteiger partial charge in [0.15, 0.2) is 0 Å². The molecule has 0 atom stereocenters. The maximum Gasteiger partial charge on any atom is 0.238 e. The highest BCUT2D eigenvalue weighted by atomic mass is 16.2. The van der Waals surface area contributed by atoms with Gasteiger partial charge in [-0.3, -0.25) is 9.80 Å². The summed E-state index contributed by atoms with van der Waals surface area (Å²) in [7, 11) is 0. The maximum atomic E-state index is 10.9. The molecule has 2 aliphatic heterocycles. The van der Waals surface area contributed by atoms with Crippen LogP contribution in [0.2, 0.25) is 0 Å². The highest BCUT2D eigenvalue weighted by Crippen LogP contribution is 2.17. The first kappa shape index (κ1) is 5.23. The second-order valence-corrected chi connectivity index (χ2v) is 2.57. The standard InChI is InChI=1S/C6H10N2O/c9-6-2-5-7-3-1-4-8(6)7/h1-5H2. The maximum absolute atomic E-state index is 10.9. The van der Waals surface area contributed by atoms with Crippen LogP contribution in [-0.2, 0) is 4.79 Å². The van der Waals surface area contributed by atoms with Gasteiger partial charge in [-0.1, -0.05) is 0 Å². The van der Waals surface area contributed by atoms with Crippen molar-refractivity contribution in [3.63, 3.8) is 0 Å². The van der Waals surface area contributed by atoms with Gasteiger partial charge in [0.05, 0.1) is 0 Å². The van der Waals surface area contributed by atoms with Gasteiger partial charge in [0.1, 0.15) is 0 Å². The molecular weight excluding hydrogens is 116 g/mol. The van der Waals surface area contributed by atoms with Gasteiger partial charge in [0.25, 0.3) is 0 Å². The second-order valence-electron chi connectivity index (χ2n) is 2.57. The minimum absolute atomic E-state index is 0.313. The van der Waals surface area contributed by atoms with Gasteiger partial charge in [-0.25, -0.2) is 5.01 Å². The zero-order valence-corrected chi connectivity index (χ0v) is 5.34. The van der Waals surface area contributed by atoms with Gasteiger partial charge in [0.2, 0.25) is 5.91 Å². The third-order valence-electron chi connectivity index (χ3n) is 2.00. The van der Waals surface area contributed by atoms with Crippen molar-refractivity contribution in [3.05, 3.63) is 0 Å². The van der Waals surface area contributed by atoms with Crippen LogP contribution in [0.3, 0.4) is 0 Å². The third kappa shape index (κ3) is 0.645. The predicted octanol–water partition coefficient (Wildman–Crippen LogP) is -0.161. The van der Waals surface area contributed by atoms with E-state index in [1.807, 2.05) is 5.01 Å². The van der Waals surface area contributed by atoms with Crippen LogP contribution < -0.4 is 0 Å². The van der Waals surface area contributed by atoms with E-state index in [0.717, 1.165) is 32.5 Å². The van der Waals surface area contributed by atoms with Crippen LogP contribution in [0.1, 0.15) is 12.8 Å². The van der Waals surface area contributed by atoms with Crippen molar-refractivity contribution in [1.29, 1.82) is 0 Å². The molecule has 2 saturated heterocycles. The number of amides is 1. The van der Waals surface area contributed by atoms with Crippen molar-refractivity contribution in [2.24, 2.45) is 0 Å². The minimum Gasteiger partial charge on any atom is -0.275 e. The monoisotopic (exact) mass is 126 g/mol. The molecule has 0 aromatic rings. The average Bonchev–Trinajstić information content (AvgIpc) is 2.35. The molecule has 0 unspecified atom stereocenters. The lowest BCUT2D eigenvalue weighted by Gasteiger charge is -2.16. The van der Waals surface area contributed by atoms with Crippen molar-refractivity contribution >= 4 is 5.91 Å². The average molecular weight is 126 g/mol. The van der Waals surface area contributed by atoms with Crippen LogP contribution in [0, 0.1) is 0 Å². The number of hydrazine groups is 1. The van der Waals surface area contributed by atoms with Gasteiger partial charge in [-0.2, -0.15) is 0 Å². The van der Waals surface area contributed by atoms with Crippen LogP contribution >= 0.6 is 0 Å². The van der Waals surface area contributed by atoms with Crippen molar-refractivity contribution < 1.29 is 4.79 Å². The van der Waals surface area contributed by atoms with Crippen LogP contribution in [-0.4, -0.2) is 35.6 Å². The van der Waals surface area contributed by atoms with Crippen LogP contribution in [0.15, 0.2) is 0 Å². The number of hydrogen-bond acceptors (Lipinski definition) is 2. The summed E-state index contributed by atoms with van der Waals surface area (Å²) in [6.07, 6.45) is 1.89. The molecule has 3 heteroatoms. The van der Waals surface area contributed by atoms with Crippen molar-refractivity contribution in [2.75, 3.05) is 19.6 Å². The Morgan fingerprint density at radius 3 is 2.89 bits per heavy atom. The molecule has 1 amide bonds. The van der Waals surface area contributed by atoms with E-state index in [1.165, 1.54) is 0 Å². The normalized spacial score (nSPS) is 27.6. The van der Waals surface area contributed by atoms with E-state index in [-0.39, 0.29) is 0 Å². The smallest absolute Gasteiger partial charge is 0.238 e. The Balaban J connectivity index is 2.15. The molecule has 2 heterocycles. The summed E-state index contributed by atoms with van der Waals surface area (Å²) in [5.41, 5.74) is 0. The summed E-state index contributed by atoms with van der Waals surface area (Å²) in [4.78, 5) is 10.9. The Hall–Kier alpha value is -0.570. The fourth-order valence-electron chi connectivity index (χ4n) is 1.53. The summed E-state index contributed by atoms with van der Waals surface area (Å²) in [5.74, 6) is 0.313. The van der Waals surface area contributed by atoms with Crippen LogP contribution in [0.5, 0.6) is 0 Å². The number of hydrogen-bond donors (Lipinski definition) is 0. The Bertz CT molecular complexity index is 146. The molecule has 0 saturated carbocycles. The first-order valence-electron chi connectivity index (χ1n) is 3.43. The van der Waals surface area contributed by atoms with Crippen LogP contribution in [0.25, 0.3) is 0 Å². The van der Waals surface area contributed by atoms with E-state index in [2.05, 4.69) is 5.01 Å². The van der Waals surface area contributed by atoms with E-state index in [1.54, 1.807) is 0 Å². The van der Waals surface area contributed by atoms with Gasteiger partial charge >= 0.3 is 0 Å². The fraction of sp³-hybridized carbons (Fsp3) is 0.833. The lowest BCUT2D eigenvalue weighted by atomic mass is 10.4. The van der Waals surface area contributed by atoms with Gasteiger partial charge in [-0.15, -0.1) is 0 Å². The van der Waals surface area contributed by atoms with E-state index in [9.17, 15) is 4.79 Å². The molecule has 0 spiro atoms. The van der Waals surface area contributed by atoms with Crippen molar-refractivity contribution in [3.8, 4) is 0 Å². The number of carbonyl (C=O) groups excluding carboxylic acids is 1. The van der Waals surface area contributed by atoms with Crippen molar-refractivity contribution in [2.45, 2.75) is 12.8 Å². The summed E-state index contributed by atoms with van der Waals surface area (Å²) < 4.78 is 0. The van der Waals surface area contributed by atoms with Crippen molar-refractivity contribution in [1.82, 2.24) is 10.0 Å².